The Kier molecular flexibility index (Phi) is 2.98. The van der Waals surface area contributed by atoms with E-state index in [9.17, 15) is 0 Å². The molecule has 0 amide bonds. The van der Waals surface area contributed by atoms with Crippen LogP contribution < -0.4 is 0 Å². The van der Waals surface area contributed by atoms with Crippen LogP contribution in [0.1, 0.15) is 6.92 Å². The van der Waals surface area contributed by atoms with E-state index in [1.54, 1.807) is 10.9 Å². The van der Waals surface area contributed by atoms with E-state index in [1.165, 1.54) is 0 Å². The zero-order valence-corrected chi connectivity index (χ0v) is 8.59. The Labute approximate surface area is 81.4 Å². The molecule has 0 N–H and O–H groups in total. The van der Waals surface area contributed by atoms with Crippen molar-refractivity contribution in [2.24, 2.45) is 0 Å². The first kappa shape index (κ1) is 9.09. The van der Waals surface area contributed by atoms with Gasteiger partial charge in [0.15, 0.2) is 0 Å². The van der Waals surface area contributed by atoms with Crippen molar-refractivity contribution in [3.8, 4) is 0 Å². The average Bonchev–Trinajstić information content (AvgIpc) is 2.01. The van der Waals surface area contributed by atoms with Crippen LogP contribution in [-0.2, 0) is 6.54 Å². The molecule has 1 rings (SSSR count). The van der Waals surface area contributed by atoms with E-state index in [2.05, 4.69) is 30.4 Å². The Morgan fingerprint density at radius 1 is 1.64 bits per heavy atom. The first-order valence-electron chi connectivity index (χ1n) is 3.15. The second-order valence-electron chi connectivity index (χ2n) is 2.00. The van der Waals surface area contributed by atoms with Crippen molar-refractivity contribution < 1.29 is 0 Å². The second kappa shape index (κ2) is 3.60. The van der Waals surface area contributed by atoms with Gasteiger partial charge in [0.1, 0.15) is 4.64 Å². The van der Waals surface area contributed by atoms with Crippen molar-refractivity contribution >= 4 is 37.5 Å². The van der Waals surface area contributed by atoms with E-state index in [4.69, 9.17) is 12.2 Å². The fourth-order valence-electron chi connectivity index (χ4n) is 0.695. The molecule has 0 aliphatic carbocycles. The molecule has 1 aromatic heterocycles. The van der Waals surface area contributed by atoms with Crippen molar-refractivity contribution in [1.82, 2.24) is 9.78 Å². The van der Waals surface area contributed by atoms with Gasteiger partial charge in [-0.1, -0.05) is 12.2 Å². The van der Waals surface area contributed by atoms with Crippen LogP contribution in [0, 0.1) is 4.64 Å². The highest BCUT2D eigenvalue weighted by molar-refractivity contribution is 7.84. The normalized spacial score (nSPS) is 10.1. The lowest BCUT2D eigenvalue weighted by Crippen LogP contribution is -2.02. The highest BCUT2D eigenvalue weighted by Crippen LogP contribution is 2.16. The zero-order chi connectivity index (χ0) is 8.43. The third kappa shape index (κ3) is 1.77. The molecule has 0 atom stereocenters. The molecule has 0 saturated heterocycles. The molecule has 0 saturated carbocycles. The van der Waals surface area contributed by atoms with Gasteiger partial charge >= 0.3 is 0 Å². The molecule has 0 unspecified atom stereocenters. The molecule has 0 aromatic carbocycles. The maximum absolute atomic E-state index is 5.06. The number of thiol groups is 2. The van der Waals surface area contributed by atoms with Gasteiger partial charge in [0.05, 0.1) is 11.1 Å². The minimum absolute atomic E-state index is 0.642. The average molecular weight is 204 g/mol. The lowest BCUT2D eigenvalue weighted by atomic mass is 10.5. The largest absolute Gasteiger partial charge is 0.254 e. The number of aryl methyl sites for hydroxylation is 1. The Morgan fingerprint density at radius 2 is 2.27 bits per heavy atom. The zero-order valence-electron chi connectivity index (χ0n) is 5.98. The SMILES string of the molecule is CCn1ncc(S)c(S)c1=S. The minimum atomic E-state index is 0.642. The molecule has 1 heterocycles. The molecule has 0 spiro atoms. The maximum Gasteiger partial charge on any atom is 0.136 e. The van der Waals surface area contributed by atoms with Crippen LogP contribution in [0.2, 0.25) is 0 Å². The molecular weight excluding hydrogens is 196 g/mol. The van der Waals surface area contributed by atoms with Crippen molar-refractivity contribution in [1.29, 1.82) is 0 Å². The van der Waals surface area contributed by atoms with Crippen molar-refractivity contribution in [2.75, 3.05) is 0 Å². The summed E-state index contributed by atoms with van der Waals surface area (Å²) in [5, 5.41) is 4.04. The highest BCUT2D eigenvalue weighted by atomic mass is 32.1. The fraction of sp³-hybridized carbons (Fsp3) is 0.333. The van der Waals surface area contributed by atoms with Gasteiger partial charge in [-0.15, -0.1) is 25.3 Å². The maximum atomic E-state index is 5.06. The van der Waals surface area contributed by atoms with Crippen molar-refractivity contribution in [3.63, 3.8) is 0 Å². The summed E-state index contributed by atoms with van der Waals surface area (Å²) in [4.78, 5) is 1.45. The second-order valence-corrected chi connectivity index (χ2v) is 3.32. The Hall–Kier alpha value is -0.0000000000000000833. The monoisotopic (exact) mass is 204 g/mol. The van der Waals surface area contributed by atoms with E-state index in [0.29, 0.717) is 4.64 Å². The van der Waals surface area contributed by atoms with E-state index >= 15 is 0 Å². The highest BCUT2D eigenvalue weighted by Gasteiger charge is 1.98. The van der Waals surface area contributed by atoms with Gasteiger partial charge in [-0.25, -0.2) is 0 Å². The Balaban J connectivity index is 3.37. The van der Waals surface area contributed by atoms with Crippen molar-refractivity contribution in [3.05, 3.63) is 10.8 Å². The summed E-state index contributed by atoms with van der Waals surface area (Å²) < 4.78 is 2.35. The minimum Gasteiger partial charge on any atom is -0.254 e. The summed E-state index contributed by atoms with van der Waals surface area (Å²) in [5.41, 5.74) is 0. The molecule has 2 nitrogen and oxygen atoms in total. The number of nitrogens with zero attached hydrogens (tertiary/aromatic N) is 2. The van der Waals surface area contributed by atoms with Crippen LogP contribution in [0.3, 0.4) is 0 Å². The van der Waals surface area contributed by atoms with Gasteiger partial charge in [-0.05, 0) is 6.92 Å². The van der Waals surface area contributed by atoms with E-state index in [1.807, 2.05) is 6.92 Å². The summed E-state index contributed by atoms with van der Waals surface area (Å²) >= 11 is 13.4. The van der Waals surface area contributed by atoms with Crippen LogP contribution in [0.4, 0.5) is 0 Å². The Morgan fingerprint density at radius 3 is 2.82 bits per heavy atom. The molecule has 0 aliphatic heterocycles. The molecule has 11 heavy (non-hydrogen) atoms. The molecule has 0 fully saturated rings. The summed E-state index contributed by atoms with van der Waals surface area (Å²) in [6.45, 7) is 2.74. The molecule has 0 radical (unpaired) electrons. The van der Waals surface area contributed by atoms with E-state index in [0.717, 1.165) is 16.3 Å². The van der Waals surface area contributed by atoms with Crippen LogP contribution >= 0.6 is 37.5 Å². The molecule has 60 valence electrons. The predicted octanol–water partition coefficient (Wildman–Crippen LogP) is 2.21. The van der Waals surface area contributed by atoms with Crippen LogP contribution in [0.15, 0.2) is 16.0 Å². The smallest absolute Gasteiger partial charge is 0.136 e. The van der Waals surface area contributed by atoms with Crippen LogP contribution in [0.5, 0.6) is 0 Å². The van der Waals surface area contributed by atoms with E-state index in [-0.39, 0.29) is 0 Å². The molecule has 1 aromatic rings. The van der Waals surface area contributed by atoms with Gasteiger partial charge in [-0.3, -0.25) is 4.68 Å². The summed E-state index contributed by atoms with van der Waals surface area (Å²) in [7, 11) is 0. The number of hydrogen-bond donors (Lipinski definition) is 2. The number of aromatic nitrogens is 2. The summed E-state index contributed by atoms with van der Waals surface area (Å²) in [5.74, 6) is 0. The first-order valence-corrected chi connectivity index (χ1v) is 4.45. The molecule has 5 heteroatoms. The quantitative estimate of drug-likeness (QED) is 0.539. The lowest BCUT2D eigenvalue weighted by molar-refractivity contribution is 0.609. The standard InChI is InChI=1S/C6H8N2S3/c1-2-8-6(11)5(10)4(9)3-7-8/h3,9-10H,2H2,1H3. The summed E-state index contributed by atoms with van der Waals surface area (Å²) in [6, 6.07) is 0. The van der Waals surface area contributed by atoms with Crippen molar-refractivity contribution in [2.45, 2.75) is 23.3 Å². The summed E-state index contributed by atoms with van der Waals surface area (Å²) in [6.07, 6.45) is 1.64. The topological polar surface area (TPSA) is 17.8 Å². The van der Waals surface area contributed by atoms with Crippen LogP contribution in [0.25, 0.3) is 0 Å². The van der Waals surface area contributed by atoms with Gasteiger partial charge in [0, 0.05) is 11.4 Å². The van der Waals surface area contributed by atoms with Crippen LogP contribution in [-0.4, -0.2) is 9.78 Å². The Bertz CT molecular complexity index is 318. The third-order valence-electron chi connectivity index (χ3n) is 1.30. The molecular formula is C6H8N2S3. The fourth-order valence-corrected chi connectivity index (χ4v) is 1.39. The van der Waals surface area contributed by atoms with E-state index < -0.39 is 0 Å². The van der Waals surface area contributed by atoms with Gasteiger partial charge < -0.3 is 0 Å². The molecule has 0 bridgehead atoms. The number of hydrogen-bond acceptors (Lipinski definition) is 4. The van der Waals surface area contributed by atoms with Gasteiger partial charge in [-0.2, -0.15) is 5.10 Å². The molecule has 0 aliphatic rings. The predicted molar refractivity (Wildman–Crippen MR) is 53.2 cm³/mol. The lowest BCUT2D eigenvalue weighted by Gasteiger charge is -2.03. The number of rotatable bonds is 1. The first-order chi connectivity index (χ1) is 5.16. The van der Waals surface area contributed by atoms with Gasteiger partial charge in [0.2, 0.25) is 0 Å². The third-order valence-corrected chi connectivity index (χ3v) is 2.83. The van der Waals surface area contributed by atoms with Gasteiger partial charge in [0.25, 0.3) is 0 Å².